The molecule has 0 aliphatic heterocycles. The van der Waals surface area contributed by atoms with Crippen LogP contribution in [-0.4, -0.2) is 0 Å². The standard InChI is InChI=1S/C20H17N/c21-16-11-9-14(10-12-16)20-13-15-5-1-2-6-17(15)18-7-3-4-8-19(18)20/h1-13,15,17H,21H2. The summed E-state index contributed by atoms with van der Waals surface area (Å²) in [6.07, 6.45) is 11.3. The highest BCUT2D eigenvalue weighted by molar-refractivity contribution is 5.84. The summed E-state index contributed by atoms with van der Waals surface area (Å²) in [5, 5.41) is 0. The molecular weight excluding hydrogens is 254 g/mol. The quantitative estimate of drug-likeness (QED) is 0.757. The van der Waals surface area contributed by atoms with Gasteiger partial charge in [0.15, 0.2) is 0 Å². The molecular formula is C20H17N. The van der Waals surface area contributed by atoms with Gasteiger partial charge in [-0.25, -0.2) is 0 Å². The van der Waals surface area contributed by atoms with Crippen molar-refractivity contribution in [3.05, 3.63) is 95.6 Å². The third-order valence-electron chi connectivity index (χ3n) is 4.37. The second-order valence-electron chi connectivity index (χ2n) is 5.66. The zero-order chi connectivity index (χ0) is 14.2. The maximum absolute atomic E-state index is 5.82. The number of nitrogens with two attached hydrogens (primary N) is 1. The van der Waals surface area contributed by atoms with E-state index in [1.807, 2.05) is 12.1 Å². The lowest BCUT2D eigenvalue weighted by molar-refractivity contribution is 0.689. The Kier molecular flexibility index (Phi) is 2.78. The van der Waals surface area contributed by atoms with Crippen LogP contribution in [0.25, 0.3) is 5.57 Å². The van der Waals surface area contributed by atoms with E-state index >= 15 is 0 Å². The van der Waals surface area contributed by atoms with E-state index < -0.39 is 0 Å². The molecule has 0 aromatic heterocycles. The van der Waals surface area contributed by atoms with Crippen molar-refractivity contribution in [2.45, 2.75) is 5.92 Å². The van der Waals surface area contributed by atoms with Crippen molar-refractivity contribution < 1.29 is 0 Å². The van der Waals surface area contributed by atoms with Crippen LogP contribution in [0.15, 0.2) is 78.9 Å². The maximum Gasteiger partial charge on any atom is 0.0314 e. The molecule has 2 atom stereocenters. The Balaban J connectivity index is 1.90. The average Bonchev–Trinajstić information content (AvgIpc) is 2.55. The van der Waals surface area contributed by atoms with Gasteiger partial charge in [-0.1, -0.05) is 66.8 Å². The van der Waals surface area contributed by atoms with E-state index in [9.17, 15) is 0 Å². The van der Waals surface area contributed by atoms with Crippen molar-refractivity contribution in [3.8, 4) is 0 Å². The molecule has 2 aliphatic carbocycles. The van der Waals surface area contributed by atoms with Crippen LogP contribution in [-0.2, 0) is 0 Å². The zero-order valence-corrected chi connectivity index (χ0v) is 11.7. The SMILES string of the molecule is Nc1ccc(C2=CC3C=CC=CC3c3ccccc32)cc1. The van der Waals surface area contributed by atoms with Gasteiger partial charge in [0.2, 0.25) is 0 Å². The Labute approximate surface area is 125 Å². The van der Waals surface area contributed by atoms with Crippen molar-refractivity contribution in [2.75, 3.05) is 5.73 Å². The van der Waals surface area contributed by atoms with E-state index in [4.69, 9.17) is 5.73 Å². The molecule has 2 N–H and O–H groups in total. The molecule has 0 saturated carbocycles. The van der Waals surface area contributed by atoms with Gasteiger partial charge in [-0.05, 0) is 34.4 Å². The molecule has 0 heterocycles. The summed E-state index contributed by atoms with van der Waals surface area (Å²) in [7, 11) is 0. The molecule has 0 amide bonds. The number of rotatable bonds is 1. The summed E-state index contributed by atoms with van der Waals surface area (Å²) >= 11 is 0. The molecule has 102 valence electrons. The summed E-state index contributed by atoms with van der Waals surface area (Å²) in [6, 6.07) is 16.9. The zero-order valence-electron chi connectivity index (χ0n) is 11.7. The summed E-state index contributed by atoms with van der Waals surface area (Å²) in [4.78, 5) is 0. The fourth-order valence-electron chi connectivity index (χ4n) is 3.32. The second kappa shape index (κ2) is 4.78. The molecule has 2 aromatic rings. The second-order valence-corrected chi connectivity index (χ2v) is 5.66. The maximum atomic E-state index is 5.82. The molecule has 0 radical (unpaired) electrons. The normalized spacial score (nSPS) is 22.4. The first-order chi connectivity index (χ1) is 10.3. The Morgan fingerprint density at radius 2 is 1.57 bits per heavy atom. The summed E-state index contributed by atoms with van der Waals surface area (Å²) < 4.78 is 0. The lowest BCUT2D eigenvalue weighted by Gasteiger charge is -2.31. The van der Waals surface area contributed by atoms with E-state index in [0.29, 0.717) is 11.8 Å². The number of nitrogen functional groups attached to an aromatic ring is 1. The Bertz CT molecular complexity index is 763. The fourth-order valence-corrected chi connectivity index (χ4v) is 3.32. The smallest absolute Gasteiger partial charge is 0.0314 e. The molecule has 0 bridgehead atoms. The summed E-state index contributed by atoms with van der Waals surface area (Å²) in [6.45, 7) is 0. The van der Waals surface area contributed by atoms with Crippen LogP contribution >= 0.6 is 0 Å². The van der Waals surface area contributed by atoms with E-state index in [2.05, 4.69) is 66.8 Å². The third-order valence-corrected chi connectivity index (χ3v) is 4.37. The van der Waals surface area contributed by atoms with Crippen molar-refractivity contribution in [1.82, 2.24) is 0 Å². The van der Waals surface area contributed by atoms with E-state index in [-0.39, 0.29) is 0 Å². The molecule has 0 saturated heterocycles. The molecule has 21 heavy (non-hydrogen) atoms. The van der Waals surface area contributed by atoms with Crippen molar-refractivity contribution in [2.24, 2.45) is 5.92 Å². The topological polar surface area (TPSA) is 26.0 Å². The van der Waals surface area contributed by atoms with Gasteiger partial charge < -0.3 is 5.73 Å². The summed E-state index contributed by atoms with van der Waals surface area (Å²) in [5.41, 5.74) is 11.9. The first-order valence-corrected chi connectivity index (χ1v) is 7.35. The Morgan fingerprint density at radius 3 is 2.43 bits per heavy atom. The number of hydrogen-bond donors (Lipinski definition) is 1. The van der Waals surface area contributed by atoms with Crippen molar-refractivity contribution in [3.63, 3.8) is 0 Å². The lowest BCUT2D eigenvalue weighted by atomic mass is 9.73. The lowest BCUT2D eigenvalue weighted by Crippen LogP contribution is -2.16. The van der Waals surface area contributed by atoms with Gasteiger partial charge in [0.25, 0.3) is 0 Å². The first kappa shape index (κ1) is 12.2. The molecule has 0 spiro atoms. The van der Waals surface area contributed by atoms with E-state index in [1.54, 1.807) is 0 Å². The van der Waals surface area contributed by atoms with Gasteiger partial charge >= 0.3 is 0 Å². The number of fused-ring (bicyclic) bond motifs is 3. The van der Waals surface area contributed by atoms with Crippen LogP contribution < -0.4 is 5.73 Å². The van der Waals surface area contributed by atoms with Gasteiger partial charge in [-0.2, -0.15) is 0 Å². The predicted molar refractivity (Wildman–Crippen MR) is 88.9 cm³/mol. The van der Waals surface area contributed by atoms with Crippen molar-refractivity contribution in [1.29, 1.82) is 0 Å². The van der Waals surface area contributed by atoms with E-state index in [1.165, 1.54) is 22.3 Å². The molecule has 1 nitrogen and oxygen atoms in total. The van der Waals surface area contributed by atoms with Crippen LogP contribution in [0.1, 0.15) is 22.6 Å². The van der Waals surface area contributed by atoms with Gasteiger partial charge in [0, 0.05) is 17.5 Å². The number of hydrogen-bond acceptors (Lipinski definition) is 1. The predicted octanol–water partition coefficient (Wildman–Crippen LogP) is 4.54. The number of benzene rings is 2. The average molecular weight is 271 g/mol. The fraction of sp³-hybridized carbons (Fsp3) is 0.100. The Hall–Kier alpha value is -2.54. The van der Waals surface area contributed by atoms with Gasteiger partial charge in [0.05, 0.1) is 0 Å². The third kappa shape index (κ3) is 2.02. The molecule has 2 unspecified atom stereocenters. The van der Waals surface area contributed by atoms with Crippen LogP contribution in [0.3, 0.4) is 0 Å². The van der Waals surface area contributed by atoms with E-state index in [0.717, 1.165) is 5.69 Å². The molecule has 2 aromatic carbocycles. The van der Waals surface area contributed by atoms with Crippen LogP contribution in [0.4, 0.5) is 5.69 Å². The highest BCUT2D eigenvalue weighted by Gasteiger charge is 2.27. The largest absolute Gasteiger partial charge is 0.399 e. The minimum atomic E-state index is 0.442. The molecule has 4 rings (SSSR count). The molecule has 2 aliphatic rings. The van der Waals surface area contributed by atoms with Crippen LogP contribution in [0.2, 0.25) is 0 Å². The molecule has 0 fully saturated rings. The molecule has 1 heteroatoms. The van der Waals surface area contributed by atoms with Gasteiger partial charge in [-0.3, -0.25) is 0 Å². The number of allylic oxidation sites excluding steroid dienone is 5. The van der Waals surface area contributed by atoms with Crippen LogP contribution in [0, 0.1) is 5.92 Å². The van der Waals surface area contributed by atoms with Crippen LogP contribution in [0.5, 0.6) is 0 Å². The number of anilines is 1. The van der Waals surface area contributed by atoms with Gasteiger partial charge in [-0.15, -0.1) is 0 Å². The van der Waals surface area contributed by atoms with Crippen molar-refractivity contribution >= 4 is 11.3 Å². The highest BCUT2D eigenvalue weighted by atomic mass is 14.5. The minimum Gasteiger partial charge on any atom is -0.399 e. The van der Waals surface area contributed by atoms with Gasteiger partial charge in [0.1, 0.15) is 0 Å². The first-order valence-electron chi connectivity index (χ1n) is 7.35. The highest BCUT2D eigenvalue weighted by Crippen LogP contribution is 2.43. The monoisotopic (exact) mass is 271 g/mol. The summed E-state index contributed by atoms with van der Waals surface area (Å²) in [5.74, 6) is 0.904. The minimum absolute atomic E-state index is 0.442. The Morgan fingerprint density at radius 1 is 0.810 bits per heavy atom.